The quantitative estimate of drug-likeness (QED) is 0.446. The highest BCUT2D eigenvalue weighted by Crippen LogP contribution is 2.30. The van der Waals surface area contributed by atoms with E-state index < -0.39 is 6.61 Å². The van der Waals surface area contributed by atoms with E-state index >= 15 is 0 Å². The lowest BCUT2D eigenvalue weighted by molar-refractivity contribution is -0.118. The molecule has 1 atom stereocenters. The third-order valence-corrected chi connectivity index (χ3v) is 5.90. The summed E-state index contributed by atoms with van der Waals surface area (Å²) >= 11 is 0. The molecule has 2 N–H and O–H groups in total. The Kier molecular flexibility index (Phi) is 6.46. The summed E-state index contributed by atoms with van der Waals surface area (Å²) in [5.41, 5.74) is 0.534. The van der Waals surface area contributed by atoms with E-state index in [0.717, 1.165) is 0 Å². The van der Waals surface area contributed by atoms with Crippen LogP contribution in [-0.4, -0.2) is 58.7 Å². The van der Waals surface area contributed by atoms with E-state index in [1.165, 1.54) is 29.0 Å². The number of anilines is 2. The van der Waals surface area contributed by atoms with E-state index in [4.69, 9.17) is 4.74 Å². The van der Waals surface area contributed by atoms with Gasteiger partial charge in [-0.05, 0) is 37.2 Å². The summed E-state index contributed by atoms with van der Waals surface area (Å²) in [5.74, 6) is 0.689. The van der Waals surface area contributed by atoms with Crippen LogP contribution in [0.2, 0.25) is 0 Å². The minimum atomic E-state index is -2.97. The molecule has 0 aliphatic carbocycles. The minimum absolute atomic E-state index is 0.0525. The molecule has 2 amide bonds. The van der Waals surface area contributed by atoms with Crippen molar-refractivity contribution in [2.75, 3.05) is 29.9 Å². The molecular weight excluding hydrogens is 478 g/mol. The van der Waals surface area contributed by atoms with Gasteiger partial charge in [-0.3, -0.25) is 19.3 Å². The first-order valence-corrected chi connectivity index (χ1v) is 11.3. The van der Waals surface area contributed by atoms with Gasteiger partial charge in [0.2, 0.25) is 5.91 Å². The average Bonchev–Trinajstić information content (AvgIpc) is 3.22. The molecule has 11 nitrogen and oxygen atoms in total. The molecule has 5 rings (SSSR count). The number of pyridine rings is 1. The summed E-state index contributed by atoms with van der Waals surface area (Å²) in [6.07, 6.45) is 2.01. The zero-order chi connectivity index (χ0) is 25.2. The number of hydrogen-bond acceptors (Lipinski definition) is 8. The number of halogens is 2. The molecular formula is C23H22F2N6O5. The van der Waals surface area contributed by atoms with Gasteiger partial charge in [-0.2, -0.15) is 8.78 Å². The standard InChI is InChI=1S/C23H22F2N6O5/c24-23(25)36-14-2-3-15-16(9-14)30(21(34)10-27-15)7-1-6-26-13-8-20(33)31(11-13)18-5-4-17-22(28-18)29-19(32)12-35-17/h2-5,9-10,13,23,26H,1,6-8,11-12H2,(H,28,29,32). The average molecular weight is 500 g/mol. The molecule has 0 spiro atoms. The number of alkyl halides is 2. The predicted molar refractivity (Wildman–Crippen MR) is 124 cm³/mol. The molecule has 13 heteroatoms. The van der Waals surface area contributed by atoms with Crippen LogP contribution in [0, 0.1) is 0 Å². The van der Waals surface area contributed by atoms with Crippen LogP contribution in [0.5, 0.6) is 11.5 Å². The number of benzene rings is 1. The summed E-state index contributed by atoms with van der Waals surface area (Å²) in [6.45, 7) is -1.82. The Balaban J connectivity index is 1.20. The molecule has 188 valence electrons. The van der Waals surface area contributed by atoms with Gasteiger partial charge < -0.3 is 24.7 Å². The number of ether oxygens (including phenoxy) is 2. The van der Waals surface area contributed by atoms with Gasteiger partial charge in [0.15, 0.2) is 18.2 Å². The summed E-state index contributed by atoms with van der Waals surface area (Å²) < 4.78 is 36.4. The summed E-state index contributed by atoms with van der Waals surface area (Å²) in [7, 11) is 0. The van der Waals surface area contributed by atoms with E-state index in [0.29, 0.717) is 48.7 Å². The molecule has 2 aromatic heterocycles. The van der Waals surface area contributed by atoms with Gasteiger partial charge in [0.1, 0.15) is 11.6 Å². The summed E-state index contributed by atoms with van der Waals surface area (Å²) in [5, 5.41) is 5.95. The second-order valence-corrected chi connectivity index (χ2v) is 8.34. The van der Waals surface area contributed by atoms with E-state index in [-0.39, 0.29) is 48.0 Å². The lowest BCUT2D eigenvalue weighted by atomic mass is 10.2. The van der Waals surface area contributed by atoms with Crippen LogP contribution in [0.25, 0.3) is 11.0 Å². The zero-order valence-electron chi connectivity index (χ0n) is 18.9. The Hall–Kier alpha value is -4.13. The van der Waals surface area contributed by atoms with Crippen LogP contribution in [0.3, 0.4) is 0 Å². The second kappa shape index (κ2) is 9.85. The van der Waals surface area contributed by atoms with E-state index in [2.05, 4.69) is 25.3 Å². The molecule has 0 saturated carbocycles. The van der Waals surface area contributed by atoms with Crippen LogP contribution in [0.4, 0.5) is 20.4 Å². The summed E-state index contributed by atoms with van der Waals surface area (Å²) in [4.78, 5) is 46.5. The Bertz CT molecular complexity index is 1380. The maximum absolute atomic E-state index is 12.6. The molecule has 3 aromatic rings. The van der Waals surface area contributed by atoms with Crippen LogP contribution < -0.4 is 30.6 Å². The predicted octanol–water partition coefficient (Wildman–Crippen LogP) is 1.51. The largest absolute Gasteiger partial charge is 0.480 e. The first-order chi connectivity index (χ1) is 17.4. The lowest BCUT2D eigenvalue weighted by Crippen LogP contribution is -2.34. The number of rotatable bonds is 8. The molecule has 4 heterocycles. The van der Waals surface area contributed by atoms with Crippen molar-refractivity contribution in [3.05, 3.63) is 46.9 Å². The van der Waals surface area contributed by atoms with Gasteiger partial charge in [-0.1, -0.05) is 0 Å². The molecule has 36 heavy (non-hydrogen) atoms. The fourth-order valence-corrected chi connectivity index (χ4v) is 4.26. The third kappa shape index (κ3) is 4.96. The first kappa shape index (κ1) is 23.6. The van der Waals surface area contributed by atoms with Gasteiger partial charge >= 0.3 is 6.61 Å². The van der Waals surface area contributed by atoms with Gasteiger partial charge in [-0.15, -0.1) is 0 Å². The lowest BCUT2D eigenvalue weighted by Gasteiger charge is -2.21. The van der Waals surface area contributed by atoms with Crippen molar-refractivity contribution in [2.24, 2.45) is 0 Å². The molecule has 1 aromatic carbocycles. The fourth-order valence-electron chi connectivity index (χ4n) is 4.26. The monoisotopic (exact) mass is 500 g/mol. The number of aryl methyl sites for hydroxylation is 1. The van der Waals surface area contributed by atoms with E-state index in [1.54, 1.807) is 17.0 Å². The maximum Gasteiger partial charge on any atom is 0.387 e. The molecule has 1 unspecified atom stereocenters. The Morgan fingerprint density at radius 1 is 1.22 bits per heavy atom. The molecule has 2 aliphatic rings. The SMILES string of the molecule is O=C1COc2ccc(N3CC(NCCCn4c(=O)cnc5ccc(OC(F)F)cc54)CC3=O)nc2N1. The number of amides is 2. The van der Waals surface area contributed by atoms with Gasteiger partial charge in [0, 0.05) is 31.6 Å². The highest BCUT2D eigenvalue weighted by molar-refractivity contribution is 5.97. The van der Waals surface area contributed by atoms with Crippen LogP contribution in [0.15, 0.2) is 41.3 Å². The van der Waals surface area contributed by atoms with E-state index in [1.807, 2.05) is 0 Å². The van der Waals surface area contributed by atoms with Crippen molar-refractivity contribution < 1.29 is 27.8 Å². The minimum Gasteiger partial charge on any atom is -0.480 e. The number of aromatic nitrogens is 3. The number of carbonyl (C=O) groups is 2. The van der Waals surface area contributed by atoms with Crippen LogP contribution >= 0.6 is 0 Å². The topological polar surface area (TPSA) is 128 Å². The first-order valence-electron chi connectivity index (χ1n) is 11.3. The second-order valence-electron chi connectivity index (χ2n) is 8.34. The third-order valence-electron chi connectivity index (χ3n) is 5.90. The van der Waals surface area contributed by atoms with Crippen molar-refractivity contribution in [1.82, 2.24) is 19.9 Å². The molecule has 1 fully saturated rings. The van der Waals surface area contributed by atoms with Crippen LogP contribution in [-0.2, 0) is 16.1 Å². The molecule has 0 bridgehead atoms. The number of nitrogens with one attached hydrogen (secondary N) is 2. The maximum atomic E-state index is 12.6. The summed E-state index contributed by atoms with van der Waals surface area (Å²) in [6, 6.07) is 7.47. The molecule has 1 saturated heterocycles. The molecule has 0 radical (unpaired) electrons. The normalized spacial score (nSPS) is 17.3. The molecule has 2 aliphatic heterocycles. The Morgan fingerprint density at radius 2 is 2.08 bits per heavy atom. The highest BCUT2D eigenvalue weighted by Gasteiger charge is 2.32. The van der Waals surface area contributed by atoms with Crippen molar-refractivity contribution >= 4 is 34.5 Å². The zero-order valence-corrected chi connectivity index (χ0v) is 18.9. The highest BCUT2D eigenvalue weighted by atomic mass is 19.3. The van der Waals surface area contributed by atoms with Crippen molar-refractivity contribution in [1.29, 1.82) is 0 Å². The van der Waals surface area contributed by atoms with Gasteiger partial charge in [-0.25, -0.2) is 9.97 Å². The number of hydrogen-bond donors (Lipinski definition) is 2. The number of carbonyl (C=O) groups excluding carboxylic acids is 2. The van der Waals surface area contributed by atoms with Gasteiger partial charge in [0.25, 0.3) is 11.5 Å². The Labute approximate surface area is 203 Å². The number of fused-ring (bicyclic) bond motifs is 2. The van der Waals surface area contributed by atoms with Crippen molar-refractivity contribution in [3.8, 4) is 11.5 Å². The van der Waals surface area contributed by atoms with Crippen molar-refractivity contribution in [2.45, 2.75) is 32.0 Å². The fraction of sp³-hybridized carbons (Fsp3) is 0.348. The number of nitrogens with zero attached hydrogens (tertiary/aromatic N) is 4. The van der Waals surface area contributed by atoms with Gasteiger partial charge in [0.05, 0.1) is 17.2 Å². The Morgan fingerprint density at radius 3 is 2.92 bits per heavy atom. The smallest absolute Gasteiger partial charge is 0.387 e. The van der Waals surface area contributed by atoms with Crippen molar-refractivity contribution in [3.63, 3.8) is 0 Å². The van der Waals surface area contributed by atoms with Crippen LogP contribution in [0.1, 0.15) is 12.8 Å². The van der Waals surface area contributed by atoms with E-state index in [9.17, 15) is 23.2 Å².